The van der Waals surface area contributed by atoms with Gasteiger partial charge in [0.1, 0.15) is 17.6 Å². The summed E-state index contributed by atoms with van der Waals surface area (Å²) >= 11 is 0. The van der Waals surface area contributed by atoms with Gasteiger partial charge in [-0.05, 0) is 66.9 Å². The molecular formula is C20H19NO2. The molecule has 1 spiro atoms. The van der Waals surface area contributed by atoms with Gasteiger partial charge in [-0.25, -0.2) is 0 Å². The summed E-state index contributed by atoms with van der Waals surface area (Å²) in [5.41, 5.74) is 5.52. The van der Waals surface area contributed by atoms with E-state index in [4.69, 9.17) is 0 Å². The highest BCUT2D eigenvalue weighted by atomic mass is 16.3. The number of allylic oxidation sites excluding steroid dienone is 2. The van der Waals surface area contributed by atoms with Crippen molar-refractivity contribution in [1.29, 1.82) is 5.26 Å². The number of hydrogen-bond acceptors (Lipinski definition) is 3. The van der Waals surface area contributed by atoms with Crippen molar-refractivity contribution in [2.24, 2.45) is 16.7 Å². The zero-order valence-electron chi connectivity index (χ0n) is 13.3. The summed E-state index contributed by atoms with van der Waals surface area (Å²) in [7, 11) is 0. The van der Waals surface area contributed by atoms with Gasteiger partial charge in [-0.2, -0.15) is 5.26 Å². The van der Waals surface area contributed by atoms with Crippen LogP contribution in [0.25, 0.3) is 5.57 Å². The Morgan fingerprint density at radius 3 is 2.91 bits per heavy atom. The largest absolute Gasteiger partial charge is 0.507 e. The van der Waals surface area contributed by atoms with Gasteiger partial charge in [0, 0.05) is 17.3 Å². The van der Waals surface area contributed by atoms with Crippen LogP contribution in [0.4, 0.5) is 0 Å². The van der Waals surface area contributed by atoms with Crippen LogP contribution in [-0.4, -0.2) is 10.9 Å². The molecule has 4 aliphatic carbocycles. The Labute approximate surface area is 135 Å². The van der Waals surface area contributed by atoms with Crippen LogP contribution in [-0.2, 0) is 11.2 Å². The number of carbonyl (C=O) groups is 1. The van der Waals surface area contributed by atoms with Gasteiger partial charge in [-0.3, -0.25) is 4.79 Å². The number of nitrogens with zero attached hydrogens (tertiary/aromatic N) is 1. The summed E-state index contributed by atoms with van der Waals surface area (Å²) in [6, 6.07) is 5.73. The molecule has 2 fully saturated rings. The van der Waals surface area contributed by atoms with E-state index in [2.05, 4.69) is 13.0 Å². The van der Waals surface area contributed by atoms with E-state index >= 15 is 0 Å². The van der Waals surface area contributed by atoms with Crippen LogP contribution >= 0.6 is 0 Å². The SMILES string of the molecule is C[C@]12CCC3=C(CCc4cc(O)c(C#N)cc43)C13CC3CC2=O. The van der Waals surface area contributed by atoms with E-state index < -0.39 is 0 Å². The summed E-state index contributed by atoms with van der Waals surface area (Å²) in [4.78, 5) is 12.5. The Morgan fingerprint density at radius 2 is 2.13 bits per heavy atom. The predicted molar refractivity (Wildman–Crippen MR) is 85.6 cm³/mol. The molecule has 0 amide bonds. The van der Waals surface area contributed by atoms with Crippen molar-refractivity contribution in [2.75, 3.05) is 0 Å². The van der Waals surface area contributed by atoms with Gasteiger partial charge in [0.05, 0.1) is 5.56 Å². The monoisotopic (exact) mass is 305 g/mol. The summed E-state index contributed by atoms with van der Waals surface area (Å²) < 4.78 is 0. The molecule has 0 bridgehead atoms. The minimum atomic E-state index is -0.150. The third-order valence-electron chi connectivity index (χ3n) is 7.23. The molecule has 0 aromatic heterocycles. The molecule has 0 aliphatic heterocycles. The maximum absolute atomic E-state index is 12.5. The number of carbonyl (C=O) groups excluding carboxylic acids is 1. The Hall–Kier alpha value is -2.08. The second kappa shape index (κ2) is 3.87. The first-order valence-electron chi connectivity index (χ1n) is 8.53. The molecule has 4 aliphatic rings. The first-order valence-corrected chi connectivity index (χ1v) is 8.53. The van der Waals surface area contributed by atoms with E-state index in [0.717, 1.165) is 43.2 Å². The van der Waals surface area contributed by atoms with Crippen molar-refractivity contribution in [1.82, 2.24) is 0 Å². The first-order chi connectivity index (χ1) is 11.0. The fourth-order valence-electron chi connectivity index (χ4n) is 5.95. The van der Waals surface area contributed by atoms with Crippen LogP contribution in [0.2, 0.25) is 0 Å². The van der Waals surface area contributed by atoms with Crippen molar-refractivity contribution in [3.63, 3.8) is 0 Å². The maximum atomic E-state index is 12.5. The third kappa shape index (κ3) is 1.35. The number of rotatable bonds is 0. The summed E-state index contributed by atoms with van der Waals surface area (Å²) in [5, 5.41) is 19.2. The highest BCUT2D eigenvalue weighted by Gasteiger charge is 2.74. The number of hydrogen-bond donors (Lipinski definition) is 1. The molecule has 3 heteroatoms. The van der Waals surface area contributed by atoms with Gasteiger partial charge >= 0.3 is 0 Å². The second-order valence-corrected chi connectivity index (χ2v) is 7.93. The predicted octanol–water partition coefficient (Wildman–Crippen LogP) is 3.74. The molecule has 23 heavy (non-hydrogen) atoms. The number of ketones is 1. The molecule has 1 N–H and O–H groups in total. The minimum Gasteiger partial charge on any atom is -0.507 e. The van der Waals surface area contributed by atoms with Gasteiger partial charge < -0.3 is 5.11 Å². The molecule has 0 radical (unpaired) electrons. The van der Waals surface area contributed by atoms with Gasteiger partial charge in [-0.15, -0.1) is 0 Å². The molecule has 3 atom stereocenters. The van der Waals surface area contributed by atoms with Gasteiger partial charge in [0.15, 0.2) is 0 Å². The fraction of sp³-hybridized carbons (Fsp3) is 0.500. The van der Waals surface area contributed by atoms with E-state index in [-0.39, 0.29) is 16.6 Å². The smallest absolute Gasteiger partial charge is 0.139 e. The van der Waals surface area contributed by atoms with E-state index in [1.165, 1.54) is 17.6 Å². The molecule has 3 nitrogen and oxygen atoms in total. The molecule has 2 unspecified atom stereocenters. The average Bonchev–Trinajstić information content (AvgIpc) is 3.19. The Morgan fingerprint density at radius 1 is 1.30 bits per heavy atom. The highest BCUT2D eigenvalue weighted by Crippen LogP contribution is 2.78. The Kier molecular flexibility index (Phi) is 2.25. The van der Waals surface area contributed by atoms with Crippen LogP contribution in [0, 0.1) is 28.1 Å². The van der Waals surface area contributed by atoms with Crippen molar-refractivity contribution >= 4 is 11.4 Å². The zero-order chi connectivity index (χ0) is 16.0. The molecule has 0 saturated heterocycles. The molecule has 116 valence electrons. The lowest BCUT2D eigenvalue weighted by atomic mass is 9.59. The lowest BCUT2D eigenvalue weighted by Gasteiger charge is -2.43. The Bertz CT molecular complexity index is 859. The third-order valence-corrected chi connectivity index (χ3v) is 7.23. The molecule has 1 aromatic carbocycles. The van der Waals surface area contributed by atoms with Crippen molar-refractivity contribution in [2.45, 2.75) is 45.4 Å². The van der Waals surface area contributed by atoms with Gasteiger partial charge in [0.2, 0.25) is 0 Å². The topological polar surface area (TPSA) is 61.1 Å². The van der Waals surface area contributed by atoms with Crippen LogP contribution in [0.15, 0.2) is 17.7 Å². The van der Waals surface area contributed by atoms with Gasteiger partial charge in [-0.1, -0.05) is 12.5 Å². The summed E-state index contributed by atoms with van der Waals surface area (Å²) in [6.07, 6.45) is 5.71. The number of benzene rings is 1. The zero-order valence-corrected chi connectivity index (χ0v) is 13.3. The minimum absolute atomic E-state index is 0.0921. The van der Waals surface area contributed by atoms with Gasteiger partial charge in [0.25, 0.3) is 0 Å². The lowest BCUT2D eigenvalue weighted by molar-refractivity contribution is -0.128. The quantitative estimate of drug-likeness (QED) is 0.794. The van der Waals surface area contributed by atoms with Crippen LogP contribution in [0.5, 0.6) is 5.75 Å². The average molecular weight is 305 g/mol. The van der Waals surface area contributed by atoms with Crippen LogP contribution < -0.4 is 0 Å². The molecule has 2 saturated carbocycles. The van der Waals surface area contributed by atoms with Crippen LogP contribution in [0.3, 0.4) is 0 Å². The van der Waals surface area contributed by atoms with Crippen molar-refractivity contribution in [3.8, 4) is 11.8 Å². The number of fused-ring (bicyclic) bond motifs is 2. The van der Waals surface area contributed by atoms with Crippen molar-refractivity contribution < 1.29 is 9.90 Å². The summed E-state index contributed by atoms with van der Waals surface area (Å²) in [5.74, 6) is 1.11. The highest BCUT2D eigenvalue weighted by molar-refractivity contribution is 5.94. The van der Waals surface area contributed by atoms with E-state index in [9.17, 15) is 15.2 Å². The number of aryl methyl sites for hydroxylation is 1. The number of nitriles is 1. The molecule has 0 heterocycles. The number of Topliss-reactive ketones (excluding diaryl/α,β-unsaturated/α-hetero) is 1. The number of aromatic hydroxyl groups is 1. The maximum Gasteiger partial charge on any atom is 0.139 e. The normalized spacial score (nSPS) is 36.7. The fourth-order valence-corrected chi connectivity index (χ4v) is 5.95. The van der Waals surface area contributed by atoms with Crippen LogP contribution in [0.1, 0.15) is 55.7 Å². The van der Waals surface area contributed by atoms with E-state index in [1.54, 1.807) is 6.07 Å². The molecule has 1 aromatic rings. The Balaban J connectivity index is 1.73. The molecular weight excluding hydrogens is 286 g/mol. The standard InChI is InChI=1S/C20H19NO2/c1-19-5-4-14-15-6-12(10-21)17(22)7-11(15)2-3-16(14)20(19)9-13(20)8-18(19)23/h6-7,13,22H,2-5,8-9H2,1H3/t13?,19-,20?/m1/s1. The number of phenolic OH excluding ortho intramolecular Hbond substituents is 1. The number of phenols is 1. The summed E-state index contributed by atoms with van der Waals surface area (Å²) in [6.45, 7) is 2.19. The van der Waals surface area contributed by atoms with E-state index in [1.807, 2.05) is 6.07 Å². The van der Waals surface area contributed by atoms with Crippen molar-refractivity contribution in [3.05, 3.63) is 34.4 Å². The lowest BCUT2D eigenvalue weighted by Crippen LogP contribution is -2.38. The molecule has 5 rings (SSSR count). The van der Waals surface area contributed by atoms with E-state index in [0.29, 0.717) is 17.3 Å². The second-order valence-electron chi connectivity index (χ2n) is 7.93. The first kappa shape index (κ1) is 13.4.